The molecule has 0 unspecified atom stereocenters. The summed E-state index contributed by atoms with van der Waals surface area (Å²) in [6.45, 7) is 7.98. The molecule has 0 bridgehead atoms. The van der Waals surface area contributed by atoms with E-state index in [-0.39, 0.29) is 11.9 Å². The average Bonchev–Trinajstić information content (AvgIpc) is 2.89. The number of hydrogen-bond donors (Lipinski definition) is 1. The zero-order chi connectivity index (χ0) is 17.7. The summed E-state index contributed by atoms with van der Waals surface area (Å²) in [4.78, 5) is 12.4. The molecule has 1 amide bonds. The van der Waals surface area contributed by atoms with Gasteiger partial charge in [0, 0.05) is 12.0 Å². The second kappa shape index (κ2) is 7.99. The van der Waals surface area contributed by atoms with E-state index < -0.39 is 0 Å². The van der Waals surface area contributed by atoms with Gasteiger partial charge in [-0.1, -0.05) is 31.1 Å². The molecule has 1 aromatic carbocycles. The lowest BCUT2D eigenvalue weighted by atomic mass is 9.95. The van der Waals surface area contributed by atoms with Gasteiger partial charge in [0.05, 0.1) is 18.8 Å². The SMILES string of the molecule is COc1ccc([C@@H](NC(=O)CCc2c(C)noc2C)C(C)C)cc1. The van der Waals surface area contributed by atoms with Crippen molar-refractivity contribution in [1.82, 2.24) is 10.5 Å². The summed E-state index contributed by atoms with van der Waals surface area (Å²) in [6.07, 6.45) is 1.06. The van der Waals surface area contributed by atoms with Crippen LogP contribution in [0.4, 0.5) is 0 Å². The number of methoxy groups -OCH3 is 1. The Morgan fingerprint density at radius 3 is 2.42 bits per heavy atom. The average molecular weight is 330 g/mol. The van der Waals surface area contributed by atoms with Gasteiger partial charge in [-0.15, -0.1) is 0 Å². The van der Waals surface area contributed by atoms with E-state index in [0.29, 0.717) is 18.8 Å². The molecule has 0 fully saturated rings. The molecule has 24 heavy (non-hydrogen) atoms. The largest absolute Gasteiger partial charge is 0.497 e. The normalized spacial score (nSPS) is 12.2. The van der Waals surface area contributed by atoms with Crippen LogP contribution in [0.3, 0.4) is 0 Å². The highest BCUT2D eigenvalue weighted by Gasteiger charge is 2.19. The molecule has 1 N–H and O–H groups in total. The molecule has 0 aliphatic heterocycles. The van der Waals surface area contributed by atoms with Crippen molar-refractivity contribution in [2.45, 2.75) is 46.6 Å². The minimum atomic E-state index is -0.0203. The number of aromatic nitrogens is 1. The van der Waals surface area contributed by atoms with Gasteiger partial charge < -0.3 is 14.6 Å². The molecule has 5 heteroatoms. The standard InChI is InChI=1S/C19H26N2O3/c1-12(2)19(15-6-8-16(23-5)9-7-15)20-18(22)11-10-17-13(3)21-24-14(17)4/h6-9,12,19H,10-11H2,1-5H3,(H,20,22)/t19-/m0/s1. The molecular formula is C19H26N2O3. The highest BCUT2D eigenvalue weighted by atomic mass is 16.5. The summed E-state index contributed by atoms with van der Waals surface area (Å²) in [6, 6.07) is 7.81. The molecule has 0 radical (unpaired) electrons. The molecule has 130 valence electrons. The molecule has 1 heterocycles. The van der Waals surface area contributed by atoms with Crippen LogP contribution >= 0.6 is 0 Å². The fourth-order valence-electron chi connectivity index (χ4n) is 2.79. The highest BCUT2D eigenvalue weighted by molar-refractivity contribution is 5.76. The van der Waals surface area contributed by atoms with Crippen molar-refractivity contribution in [3.63, 3.8) is 0 Å². The van der Waals surface area contributed by atoms with E-state index in [1.165, 1.54) is 0 Å². The Morgan fingerprint density at radius 2 is 1.92 bits per heavy atom. The molecule has 5 nitrogen and oxygen atoms in total. The smallest absolute Gasteiger partial charge is 0.220 e. The van der Waals surface area contributed by atoms with Gasteiger partial charge in [-0.25, -0.2) is 0 Å². The molecule has 2 rings (SSSR count). The highest BCUT2D eigenvalue weighted by Crippen LogP contribution is 2.24. The van der Waals surface area contributed by atoms with E-state index in [4.69, 9.17) is 9.26 Å². The fourth-order valence-corrected chi connectivity index (χ4v) is 2.79. The third-order valence-electron chi connectivity index (χ3n) is 4.24. The lowest BCUT2D eigenvalue weighted by molar-refractivity contribution is -0.122. The summed E-state index contributed by atoms with van der Waals surface area (Å²) < 4.78 is 10.3. The molecule has 1 atom stereocenters. The Bertz CT molecular complexity index is 655. The molecule has 0 aliphatic rings. The predicted molar refractivity (Wildman–Crippen MR) is 93.0 cm³/mol. The van der Waals surface area contributed by atoms with Crippen LogP contribution in [0.2, 0.25) is 0 Å². The third kappa shape index (κ3) is 4.37. The first-order valence-electron chi connectivity index (χ1n) is 8.27. The van der Waals surface area contributed by atoms with E-state index in [9.17, 15) is 4.79 Å². The van der Waals surface area contributed by atoms with Crippen LogP contribution in [0.15, 0.2) is 28.8 Å². The van der Waals surface area contributed by atoms with Gasteiger partial charge in [0.2, 0.25) is 5.91 Å². The van der Waals surface area contributed by atoms with Crippen molar-refractivity contribution in [2.75, 3.05) is 7.11 Å². The molecule has 0 aliphatic carbocycles. The zero-order valence-corrected chi connectivity index (χ0v) is 15.1. The molecular weight excluding hydrogens is 304 g/mol. The number of benzene rings is 1. The fraction of sp³-hybridized carbons (Fsp3) is 0.474. The van der Waals surface area contributed by atoms with Gasteiger partial charge >= 0.3 is 0 Å². The van der Waals surface area contributed by atoms with Crippen molar-refractivity contribution in [2.24, 2.45) is 5.92 Å². The van der Waals surface area contributed by atoms with Crippen molar-refractivity contribution in [3.8, 4) is 5.75 Å². The Morgan fingerprint density at radius 1 is 1.25 bits per heavy atom. The lowest BCUT2D eigenvalue weighted by Gasteiger charge is -2.23. The number of aryl methyl sites for hydroxylation is 2. The number of nitrogens with zero attached hydrogens (tertiary/aromatic N) is 1. The summed E-state index contributed by atoms with van der Waals surface area (Å²) in [5.41, 5.74) is 2.96. The molecule has 1 aromatic heterocycles. The summed E-state index contributed by atoms with van der Waals surface area (Å²) in [5.74, 6) is 1.92. The Balaban J connectivity index is 2.00. The van der Waals surface area contributed by atoms with Crippen LogP contribution < -0.4 is 10.1 Å². The minimum Gasteiger partial charge on any atom is -0.497 e. The van der Waals surface area contributed by atoms with Crippen molar-refractivity contribution in [1.29, 1.82) is 0 Å². The third-order valence-corrected chi connectivity index (χ3v) is 4.24. The van der Waals surface area contributed by atoms with E-state index in [1.807, 2.05) is 38.1 Å². The lowest BCUT2D eigenvalue weighted by Crippen LogP contribution is -2.31. The second-order valence-corrected chi connectivity index (χ2v) is 6.37. The van der Waals surface area contributed by atoms with Gasteiger partial charge in [-0.3, -0.25) is 4.79 Å². The topological polar surface area (TPSA) is 64.4 Å². The first-order valence-corrected chi connectivity index (χ1v) is 8.27. The number of amides is 1. The Hall–Kier alpha value is -2.30. The Labute approximate surface area is 143 Å². The van der Waals surface area contributed by atoms with Crippen molar-refractivity contribution < 1.29 is 14.1 Å². The second-order valence-electron chi connectivity index (χ2n) is 6.37. The monoisotopic (exact) mass is 330 g/mol. The number of hydrogen-bond acceptors (Lipinski definition) is 4. The number of ether oxygens (including phenoxy) is 1. The van der Waals surface area contributed by atoms with Gasteiger partial charge in [-0.05, 0) is 43.9 Å². The number of carbonyl (C=O) groups is 1. The maximum Gasteiger partial charge on any atom is 0.220 e. The summed E-state index contributed by atoms with van der Waals surface area (Å²) in [7, 11) is 1.64. The first-order chi connectivity index (χ1) is 11.4. The molecule has 2 aromatic rings. The Kier molecular flexibility index (Phi) is 6.01. The van der Waals surface area contributed by atoms with E-state index >= 15 is 0 Å². The van der Waals surface area contributed by atoms with Gasteiger partial charge in [0.1, 0.15) is 11.5 Å². The number of carbonyl (C=O) groups excluding carboxylic acids is 1. The maximum atomic E-state index is 12.4. The predicted octanol–water partition coefficient (Wildman–Crippen LogP) is 3.75. The number of rotatable bonds is 7. The number of nitrogens with one attached hydrogen (secondary N) is 1. The van der Waals surface area contributed by atoms with Crippen LogP contribution in [0.1, 0.15) is 48.9 Å². The van der Waals surface area contributed by atoms with Crippen LogP contribution in [-0.4, -0.2) is 18.2 Å². The van der Waals surface area contributed by atoms with Crippen LogP contribution in [0.25, 0.3) is 0 Å². The van der Waals surface area contributed by atoms with Crippen molar-refractivity contribution >= 4 is 5.91 Å². The molecule has 0 saturated heterocycles. The zero-order valence-electron chi connectivity index (χ0n) is 15.1. The van der Waals surface area contributed by atoms with Crippen LogP contribution in [-0.2, 0) is 11.2 Å². The maximum absolute atomic E-state index is 12.4. The molecule has 0 spiro atoms. The quantitative estimate of drug-likeness (QED) is 0.840. The van der Waals surface area contributed by atoms with Crippen LogP contribution in [0.5, 0.6) is 5.75 Å². The summed E-state index contributed by atoms with van der Waals surface area (Å²) in [5, 5.41) is 7.07. The van der Waals surface area contributed by atoms with Gasteiger partial charge in [0.15, 0.2) is 0 Å². The van der Waals surface area contributed by atoms with E-state index in [2.05, 4.69) is 24.3 Å². The first kappa shape index (κ1) is 18.0. The minimum absolute atomic E-state index is 0.0203. The van der Waals surface area contributed by atoms with Gasteiger partial charge in [0.25, 0.3) is 0 Å². The van der Waals surface area contributed by atoms with E-state index in [1.54, 1.807) is 7.11 Å². The van der Waals surface area contributed by atoms with E-state index in [0.717, 1.165) is 28.3 Å². The van der Waals surface area contributed by atoms with Crippen LogP contribution in [0, 0.1) is 19.8 Å². The molecule has 0 saturated carbocycles. The van der Waals surface area contributed by atoms with Gasteiger partial charge in [-0.2, -0.15) is 0 Å². The van der Waals surface area contributed by atoms with Crippen molar-refractivity contribution in [3.05, 3.63) is 46.8 Å². The summed E-state index contributed by atoms with van der Waals surface area (Å²) >= 11 is 0.